The first-order chi connectivity index (χ1) is 12.8. The Hall–Kier alpha value is -1.91. The van der Waals surface area contributed by atoms with Gasteiger partial charge in [0.2, 0.25) is 5.91 Å². The number of carbonyl (C=O) groups is 1. The minimum atomic E-state index is -3.55. The van der Waals surface area contributed by atoms with Crippen LogP contribution in [0.15, 0.2) is 24.3 Å². The number of nitro groups is 1. The number of nitro benzene ring substituents is 1. The minimum absolute atomic E-state index is 0. The quantitative estimate of drug-likeness (QED) is 0.553. The second-order valence-electron chi connectivity index (χ2n) is 7.04. The Balaban J connectivity index is 0.00000280. The maximum atomic E-state index is 13.1. The first kappa shape index (κ1) is 22.4. The van der Waals surface area contributed by atoms with Crippen molar-refractivity contribution >= 4 is 39.5 Å². The van der Waals surface area contributed by atoms with Crippen molar-refractivity contribution in [2.45, 2.75) is 17.6 Å². The van der Waals surface area contributed by atoms with Crippen molar-refractivity contribution in [1.29, 1.82) is 0 Å². The molecule has 156 valence electrons. The molecule has 9 nitrogen and oxygen atoms in total. The van der Waals surface area contributed by atoms with Gasteiger partial charge in [0, 0.05) is 38.5 Å². The molecular weight excluding hydrogens is 408 g/mol. The fraction of sp³-hybridized carbons (Fsp3) is 0.588. The fourth-order valence-corrected chi connectivity index (χ4v) is 5.29. The third-order valence-electron chi connectivity index (χ3n) is 5.50. The molecule has 2 fully saturated rings. The van der Waals surface area contributed by atoms with E-state index in [9.17, 15) is 23.3 Å². The number of hydrogen-bond donors (Lipinski definition) is 1. The van der Waals surface area contributed by atoms with Crippen LogP contribution in [0.4, 0.5) is 11.4 Å². The van der Waals surface area contributed by atoms with Gasteiger partial charge in [-0.3, -0.25) is 14.9 Å². The minimum Gasteiger partial charge on any atom is -0.362 e. The number of benzene rings is 1. The summed E-state index contributed by atoms with van der Waals surface area (Å²) in [5.74, 6) is -0.339. The zero-order valence-corrected chi connectivity index (χ0v) is 17.3. The van der Waals surface area contributed by atoms with Crippen LogP contribution in [0.25, 0.3) is 0 Å². The summed E-state index contributed by atoms with van der Waals surface area (Å²) in [6, 6.07) is 6.52. The molecule has 2 saturated heterocycles. The molecule has 28 heavy (non-hydrogen) atoms. The van der Waals surface area contributed by atoms with Crippen LogP contribution in [-0.4, -0.2) is 74.4 Å². The summed E-state index contributed by atoms with van der Waals surface area (Å²) < 4.78 is 23.5. The average Bonchev–Trinajstić information content (AvgIpc) is 2.67. The number of sulfone groups is 1. The van der Waals surface area contributed by atoms with Crippen molar-refractivity contribution in [3.05, 3.63) is 34.4 Å². The lowest BCUT2D eigenvalue weighted by molar-refractivity contribution is -0.384. The molecule has 11 heteroatoms. The standard InChI is InChI=1S/C17H24N4O5S.ClH/c1-27(25,26)17(6-8-18-9-7-17)16(22)20-12-10-19(11-13-20)14-4-2-3-5-15(14)21(23)24;/h2-5,18H,6-13H2,1H3;1H. The number of nitrogens with one attached hydrogen (secondary N) is 1. The Morgan fingerprint density at radius 1 is 1.14 bits per heavy atom. The van der Waals surface area contributed by atoms with E-state index in [0.29, 0.717) is 45.0 Å². The summed E-state index contributed by atoms with van der Waals surface area (Å²) in [6.07, 6.45) is 1.68. The van der Waals surface area contributed by atoms with E-state index in [-0.39, 0.29) is 36.8 Å². The number of carbonyl (C=O) groups excluding carboxylic acids is 1. The summed E-state index contributed by atoms with van der Waals surface area (Å²) in [5.41, 5.74) is 0.553. The van der Waals surface area contributed by atoms with Gasteiger partial charge in [-0.05, 0) is 32.0 Å². The van der Waals surface area contributed by atoms with E-state index in [1.54, 1.807) is 23.1 Å². The molecule has 0 aliphatic carbocycles. The number of piperidine rings is 1. The molecule has 1 aromatic rings. The van der Waals surface area contributed by atoms with E-state index in [1.165, 1.54) is 6.07 Å². The largest absolute Gasteiger partial charge is 0.362 e. The number of anilines is 1. The normalized spacial score (nSPS) is 19.6. The molecule has 0 aromatic heterocycles. The molecule has 0 unspecified atom stereocenters. The van der Waals surface area contributed by atoms with Crippen molar-refractivity contribution in [2.75, 3.05) is 50.4 Å². The number of nitrogens with zero attached hydrogens (tertiary/aromatic N) is 3. The zero-order chi connectivity index (χ0) is 19.7. The van der Waals surface area contributed by atoms with E-state index in [0.717, 1.165) is 6.26 Å². The van der Waals surface area contributed by atoms with Crippen molar-refractivity contribution in [1.82, 2.24) is 10.2 Å². The SMILES string of the molecule is CS(=O)(=O)C1(C(=O)N2CCN(c3ccccc3[N+](=O)[O-])CC2)CCNCC1.Cl. The Labute approximate surface area is 170 Å². The number of piperazine rings is 1. The molecule has 1 aromatic carbocycles. The molecule has 0 bridgehead atoms. The van der Waals surface area contributed by atoms with Crippen LogP contribution in [0, 0.1) is 10.1 Å². The number of halogens is 1. The van der Waals surface area contributed by atoms with Gasteiger partial charge in [-0.1, -0.05) is 12.1 Å². The summed E-state index contributed by atoms with van der Waals surface area (Å²) in [7, 11) is -3.55. The number of rotatable bonds is 4. The number of amides is 1. The molecule has 0 spiro atoms. The first-order valence-electron chi connectivity index (χ1n) is 8.94. The number of para-hydroxylation sites is 2. The lowest BCUT2D eigenvalue weighted by Crippen LogP contribution is -2.61. The molecule has 3 rings (SSSR count). The Bertz CT molecular complexity index is 834. The highest BCUT2D eigenvalue weighted by molar-refractivity contribution is 7.92. The molecule has 2 aliphatic rings. The second-order valence-corrected chi connectivity index (χ2v) is 9.37. The van der Waals surface area contributed by atoms with Gasteiger partial charge in [-0.15, -0.1) is 12.4 Å². The molecule has 2 aliphatic heterocycles. The number of hydrogen-bond acceptors (Lipinski definition) is 7. The van der Waals surface area contributed by atoms with E-state index in [4.69, 9.17) is 0 Å². The van der Waals surface area contributed by atoms with E-state index in [2.05, 4.69) is 5.32 Å². The van der Waals surface area contributed by atoms with Crippen LogP contribution in [0.1, 0.15) is 12.8 Å². The molecule has 1 N–H and O–H groups in total. The molecule has 0 radical (unpaired) electrons. The summed E-state index contributed by atoms with van der Waals surface area (Å²) >= 11 is 0. The lowest BCUT2D eigenvalue weighted by atomic mass is 9.94. The van der Waals surface area contributed by atoms with Gasteiger partial charge in [0.05, 0.1) is 4.92 Å². The lowest BCUT2D eigenvalue weighted by Gasteiger charge is -2.42. The Morgan fingerprint density at radius 3 is 2.25 bits per heavy atom. The molecule has 1 amide bonds. The average molecular weight is 433 g/mol. The van der Waals surface area contributed by atoms with Crippen LogP contribution in [0.5, 0.6) is 0 Å². The Kier molecular flexibility index (Phi) is 6.89. The van der Waals surface area contributed by atoms with Crippen LogP contribution >= 0.6 is 12.4 Å². The zero-order valence-electron chi connectivity index (χ0n) is 15.7. The van der Waals surface area contributed by atoms with Crippen LogP contribution in [0.3, 0.4) is 0 Å². The van der Waals surface area contributed by atoms with Crippen molar-refractivity contribution in [3.8, 4) is 0 Å². The summed E-state index contributed by atoms with van der Waals surface area (Å²) in [4.78, 5) is 27.4. The fourth-order valence-electron chi connectivity index (χ4n) is 3.90. The highest BCUT2D eigenvalue weighted by atomic mass is 35.5. The van der Waals surface area contributed by atoms with Crippen LogP contribution in [0.2, 0.25) is 0 Å². The van der Waals surface area contributed by atoms with Crippen molar-refractivity contribution < 1.29 is 18.1 Å². The third kappa shape index (κ3) is 4.08. The van der Waals surface area contributed by atoms with E-state index < -0.39 is 19.5 Å². The highest BCUT2D eigenvalue weighted by Crippen LogP contribution is 2.32. The monoisotopic (exact) mass is 432 g/mol. The topological polar surface area (TPSA) is 113 Å². The molecule has 0 saturated carbocycles. The second kappa shape index (κ2) is 8.62. The van der Waals surface area contributed by atoms with Gasteiger partial charge >= 0.3 is 0 Å². The van der Waals surface area contributed by atoms with Crippen molar-refractivity contribution in [3.63, 3.8) is 0 Å². The van der Waals surface area contributed by atoms with Crippen LogP contribution in [-0.2, 0) is 14.6 Å². The predicted octanol–water partition coefficient (Wildman–Crippen LogP) is 0.832. The van der Waals surface area contributed by atoms with Gasteiger partial charge in [0.15, 0.2) is 14.6 Å². The highest BCUT2D eigenvalue weighted by Gasteiger charge is 2.50. The maximum absolute atomic E-state index is 13.1. The van der Waals surface area contributed by atoms with Gasteiger partial charge in [0.1, 0.15) is 5.69 Å². The first-order valence-corrected chi connectivity index (χ1v) is 10.8. The van der Waals surface area contributed by atoms with Gasteiger partial charge in [0.25, 0.3) is 5.69 Å². The van der Waals surface area contributed by atoms with Crippen LogP contribution < -0.4 is 10.2 Å². The van der Waals surface area contributed by atoms with E-state index >= 15 is 0 Å². The summed E-state index contributed by atoms with van der Waals surface area (Å²) in [6.45, 7) is 2.53. The summed E-state index contributed by atoms with van der Waals surface area (Å²) in [5, 5.41) is 14.3. The van der Waals surface area contributed by atoms with Gasteiger partial charge in [-0.25, -0.2) is 8.42 Å². The molecule has 2 heterocycles. The van der Waals surface area contributed by atoms with Crippen molar-refractivity contribution in [2.24, 2.45) is 0 Å². The van der Waals surface area contributed by atoms with Gasteiger partial charge < -0.3 is 15.1 Å². The Morgan fingerprint density at radius 2 is 1.71 bits per heavy atom. The van der Waals surface area contributed by atoms with E-state index in [1.807, 2.05) is 4.90 Å². The smallest absolute Gasteiger partial charge is 0.292 e. The molecular formula is C17H25ClN4O5S. The van der Waals surface area contributed by atoms with Gasteiger partial charge in [-0.2, -0.15) is 0 Å². The predicted molar refractivity (Wildman–Crippen MR) is 109 cm³/mol. The molecule has 0 atom stereocenters. The maximum Gasteiger partial charge on any atom is 0.292 e. The third-order valence-corrected chi connectivity index (χ3v) is 7.50.